The van der Waals surface area contributed by atoms with Crippen LogP contribution in [0.1, 0.15) is 63.9 Å². The molecule has 0 radical (unpaired) electrons. The van der Waals surface area contributed by atoms with Crippen LogP contribution in [0.5, 0.6) is 0 Å². The van der Waals surface area contributed by atoms with Crippen molar-refractivity contribution in [3.8, 4) is 0 Å². The maximum Gasteiger partial charge on any atom is -0.0206 e. The molecule has 1 aromatic rings. The molecule has 0 saturated carbocycles. The summed E-state index contributed by atoms with van der Waals surface area (Å²) in [6, 6.07) is 10.6. The predicted octanol–water partition coefficient (Wildman–Crippen LogP) is 6.64. The molecule has 0 aliphatic rings. The third kappa shape index (κ3) is 10.9. The van der Waals surface area contributed by atoms with Gasteiger partial charge in [0.25, 0.3) is 0 Å². The van der Waals surface area contributed by atoms with E-state index in [1.165, 1.54) is 50.5 Å². The zero-order chi connectivity index (χ0) is 15.0. The summed E-state index contributed by atoms with van der Waals surface area (Å²) < 4.78 is 0. The smallest absolute Gasteiger partial charge is 0.0206 e. The second-order valence-electron chi connectivity index (χ2n) is 5.55. The van der Waals surface area contributed by atoms with Gasteiger partial charge in [-0.2, -0.15) is 0 Å². The Morgan fingerprint density at radius 3 is 2.48 bits per heavy atom. The fraction of sp³-hybridized carbons (Fsp3) is 0.476. The van der Waals surface area contributed by atoms with Gasteiger partial charge in [-0.25, -0.2) is 0 Å². The molecular formula is C21H30. The minimum atomic E-state index is 1.06. The van der Waals surface area contributed by atoms with Crippen LogP contribution in [0.4, 0.5) is 0 Å². The summed E-state index contributed by atoms with van der Waals surface area (Å²) in [5, 5.41) is 0. The number of hydrogen-bond donors (Lipinski definition) is 0. The number of allylic oxidation sites excluding steroid dienone is 3. The average molecular weight is 282 g/mol. The predicted molar refractivity (Wildman–Crippen MR) is 94.5 cm³/mol. The van der Waals surface area contributed by atoms with Crippen LogP contribution in [0.25, 0.3) is 0 Å². The van der Waals surface area contributed by atoms with E-state index < -0.39 is 0 Å². The SMILES string of the molecule is CCCCCCCC/C=C/C=C=CCCc1ccccc1. The van der Waals surface area contributed by atoms with Crippen molar-refractivity contribution in [2.75, 3.05) is 0 Å². The van der Waals surface area contributed by atoms with Gasteiger partial charge in [0.15, 0.2) is 0 Å². The largest absolute Gasteiger partial charge is 0.125 e. The fourth-order valence-electron chi connectivity index (χ4n) is 2.30. The molecule has 0 heterocycles. The van der Waals surface area contributed by atoms with Gasteiger partial charge >= 0.3 is 0 Å². The van der Waals surface area contributed by atoms with E-state index in [1.54, 1.807) is 0 Å². The van der Waals surface area contributed by atoms with Crippen LogP contribution < -0.4 is 0 Å². The van der Waals surface area contributed by atoms with Gasteiger partial charge in [-0.1, -0.05) is 81.5 Å². The van der Waals surface area contributed by atoms with E-state index in [9.17, 15) is 0 Å². The topological polar surface area (TPSA) is 0 Å². The second-order valence-corrected chi connectivity index (χ2v) is 5.55. The lowest BCUT2D eigenvalue weighted by Gasteiger charge is -1.97. The Morgan fingerprint density at radius 2 is 1.67 bits per heavy atom. The van der Waals surface area contributed by atoms with Gasteiger partial charge in [-0.3, -0.25) is 0 Å². The lowest BCUT2D eigenvalue weighted by atomic mass is 10.1. The molecule has 0 bridgehead atoms. The van der Waals surface area contributed by atoms with E-state index >= 15 is 0 Å². The number of aryl methyl sites for hydroxylation is 1. The first kappa shape index (κ1) is 17.5. The zero-order valence-corrected chi connectivity index (χ0v) is 13.6. The average Bonchev–Trinajstić information content (AvgIpc) is 2.53. The first-order chi connectivity index (χ1) is 10.4. The van der Waals surface area contributed by atoms with Crippen molar-refractivity contribution in [1.82, 2.24) is 0 Å². The molecule has 0 N–H and O–H groups in total. The van der Waals surface area contributed by atoms with E-state index in [4.69, 9.17) is 0 Å². The summed E-state index contributed by atoms with van der Waals surface area (Å²) in [6.07, 6.45) is 20.2. The summed E-state index contributed by atoms with van der Waals surface area (Å²) in [5.74, 6) is 0. The van der Waals surface area contributed by atoms with Gasteiger partial charge in [-0.05, 0) is 43.4 Å². The highest BCUT2D eigenvalue weighted by Gasteiger charge is 1.88. The van der Waals surface area contributed by atoms with Crippen molar-refractivity contribution in [2.45, 2.75) is 64.7 Å². The highest BCUT2D eigenvalue weighted by atomic mass is 13.9. The molecule has 21 heavy (non-hydrogen) atoms. The maximum absolute atomic E-state index is 3.24. The van der Waals surface area contributed by atoms with Gasteiger partial charge < -0.3 is 0 Å². The molecule has 114 valence electrons. The molecule has 0 aliphatic heterocycles. The van der Waals surface area contributed by atoms with Gasteiger partial charge in [-0.15, -0.1) is 5.73 Å². The Labute approximate surface area is 131 Å². The summed E-state index contributed by atoms with van der Waals surface area (Å²) >= 11 is 0. The highest BCUT2D eigenvalue weighted by molar-refractivity contribution is 5.15. The molecule has 0 saturated heterocycles. The van der Waals surface area contributed by atoms with Crippen molar-refractivity contribution in [1.29, 1.82) is 0 Å². The quantitative estimate of drug-likeness (QED) is 0.242. The molecular weight excluding hydrogens is 252 g/mol. The van der Waals surface area contributed by atoms with E-state index in [0.717, 1.165) is 12.8 Å². The van der Waals surface area contributed by atoms with Crippen LogP contribution in [0.3, 0.4) is 0 Å². The van der Waals surface area contributed by atoms with Gasteiger partial charge in [0.1, 0.15) is 0 Å². The third-order valence-corrected chi connectivity index (χ3v) is 3.59. The Morgan fingerprint density at radius 1 is 0.905 bits per heavy atom. The number of hydrogen-bond acceptors (Lipinski definition) is 0. The Balaban J connectivity index is 2.00. The summed E-state index contributed by atoms with van der Waals surface area (Å²) in [4.78, 5) is 0. The van der Waals surface area contributed by atoms with E-state index in [2.05, 4.69) is 61.2 Å². The normalized spacial score (nSPS) is 10.5. The number of unbranched alkanes of at least 4 members (excludes halogenated alkanes) is 6. The number of benzene rings is 1. The second kappa shape index (κ2) is 13.5. The Kier molecular flexibility index (Phi) is 11.2. The fourth-order valence-corrected chi connectivity index (χ4v) is 2.30. The molecule has 0 heteroatoms. The molecule has 0 atom stereocenters. The minimum absolute atomic E-state index is 1.06. The van der Waals surface area contributed by atoms with Crippen LogP contribution in [0, 0.1) is 0 Å². The van der Waals surface area contributed by atoms with Crippen molar-refractivity contribution in [3.05, 3.63) is 65.9 Å². The summed E-state index contributed by atoms with van der Waals surface area (Å²) in [7, 11) is 0. The monoisotopic (exact) mass is 282 g/mol. The van der Waals surface area contributed by atoms with Crippen molar-refractivity contribution in [3.63, 3.8) is 0 Å². The molecule has 1 aromatic carbocycles. The van der Waals surface area contributed by atoms with E-state index in [-0.39, 0.29) is 0 Å². The standard InChI is InChI=1S/C21H30/c1-2-3-4-5-6-7-8-9-10-11-12-13-15-18-21-19-16-14-17-20-21/h9-11,13-14,16-17,19-20H,2-8,15,18H2,1H3/b10-9+. The van der Waals surface area contributed by atoms with Crippen LogP contribution in [0.15, 0.2) is 60.4 Å². The van der Waals surface area contributed by atoms with Crippen LogP contribution >= 0.6 is 0 Å². The molecule has 1 rings (SSSR count). The lowest BCUT2D eigenvalue weighted by molar-refractivity contribution is 0.611. The molecule has 0 aromatic heterocycles. The van der Waals surface area contributed by atoms with Crippen LogP contribution in [-0.2, 0) is 6.42 Å². The van der Waals surface area contributed by atoms with Crippen molar-refractivity contribution in [2.24, 2.45) is 0 Å². The Hall–Kier alpha value is -1.52. The zero-order valence-electron chi connectivity index (χ0n) is 13.6. The van der Waals surface area contributed by atoms with E-state index in [0.29, 0.717) is 0 Å². The van der Waals surface area contributed by atoms with Crippen molar-refractivity contribution >= 4 is 0 Å². The van der Waals surface area contributed by atoms with Gasteiger partial charge in [0.2, 0.25) is 0 Å². The molecule has 0 spiro atoms. The molecule has 0 aliphatic carbocycles. The minimum Gasteiger partial charge on any atom is -0.125 e. The first-order valence-electron chi connectivity index (χ1n) is 8.53. The van der Waals surface area contributed by atoms with Crippen LogP contribution in [0.2, 0.25) is 0 Å². The highest BCUT2D eigenvalue weighted by Crippen LogP contribution is 2.07. The van der Waals surface area contributed by atoms with Gasteiger partial charge in [0, 0.05) is 0 Å². The first-order valence-corrected chi connectivity index (χ1v) is 8.53. The summed E-state index contributed by atoms with van der Waals surface area (Å²) in [6.45, 7) is 2.27. The van der Waals surface area contributed by atoms with E-state index in [1.807, 2.05) is 6.08 Å². The van der Waals surface area contributed by atoms with Gasteiger partial charge in [0.05, 0.1) is 0 Å². The number of rotatable bonds is 11. The molecule has 0 unspecified atom stereocenters. The van der Waals surface area contributed by atoms with Crippen molar-refractivity contribution < 1.29 is 0 Å². The third-order valence-electron chi connectivity index (χ3n) is 3.59. The summed E-state index contributed by atoms with van der Waals surface area (Å²) in [5.41, 5.74) is 4.64. The molecule has 0 fully saturated rings. The van der Waals surface area contributed by atoms with Crippen LogP contribution in [-0.4, -0.2) is 0 Å². The maximum atomic E-state index is 3.24. The molecule has 0 nitrogen and oxygen atoms in total. The Bertz CT molecular complexity index is 419. The molecule has 0 amide bonds. The lowest BCUT2D eigenvalue weighted by Crippen LogP contribution is -1.80.